The molecule has 1 aliphatic heterocycles. The van der Waals surface area contributed by atoms with E-state index in [0.717, 1.165) is 0 Å². The van der Waals surface area contributed by atoms with Crippen molar-refractivity contribution < 1.29 is 5.11 Å². The summed E-state index contributed by atoms with van der Waals surface area (Å²) in [5.74, 6) is 0. The Bertz CT molecular complexity index is 78.0. The number of rotatable bonds is 0. The third kappa shape index (κ3) is 2.25. The molecule has 1 rings (SSSR count). The Labute approximate surface area is 62.5 Å². The largest absolute Gasteiger partial charge is 0.365 e. The first-order valence-electron chi connectivity index (χ1n) is 2.43. The van der Waals surface area contributed by atoms with E-state index in [1.807, 2.05) is 0 Å². The van der Waals surface area contributed by atoms with E-state index < -0.39 is 17.6 Å². The third-order valence-corrected chi connectivity index (χ3v) is 1.41. The Kier molecular flexibility index (Phi) is 2.51. The van der Waals surface area contributed by atoms with Gasteiger partial charge in [-0.05, 0) is 0 Å². The molecule has 0 saturated carbocycles. The lowest BCUT2D eigenvalue weighted by atomic mass is 10.7. The van der Waals surface area contributed by atoms with Gasteiger partial charge >= 0.3 is 0 Å². The molecule has 0 spiro atoms. The summed E-state index contributed by atoms with van der Waals surface area (Å²) >= 11 is 11.0. The predicted molar refractivity (Wildman–Crippen MR) is 34.7 cm³/mol. The van der Waals surface area contributed by atoms with Crippen LogP contribution >= 0.6 is 23.2 Å². The summed E-state index contributed by atoms with van der Waals surface area (Å²) in [6.45, 7) is 0. The zero-order valence-electron chi connectivity index (χ0n) is 4.44. The summed E-state index contributed by atoms with van der Waals surface area (Å²) in [7, 11) is 0. The highest BCUT2D eigenvalue weighted by atomic mass is 35.5. The smallest absolute Gasteiger partial charge is 0.164 e. The summed E-state index contributed by atoms with van der Waals surface area (Å²) in [5, 5.41) is 16.5. The van der Waals surface area contributed by atoms with Crippen LogP contribution in [0.3, 0.4) is 0 Å². The molecular weight excluding hydrogens is 165 g/mol. The summed E-state index contributed by atoms with van der Waals surface area (Å²) < 4.78 is 0. The van der Waals surface area contributed by atoms with Crippen LogP contribution in [0.5, 0.6) is 0 Å². The molecule has 0 radical (unpaired) electrons. The molecule has 0 aliphatic carbocycles. The van der Waals surface area contributed by atoms with Crippen LogP contribution in [0.2, 0.25) is 0 Å². The number of halogens is 2. The highest BCUT2D eigenvalue weighted by Gasteiger charge is 2.20. The molecule has 0 aromatic heterocycles. The van der Waals surface area contributed by atoms with E-state index in [1.165, 1.54) is 0 Å². The van der Waals surface area contributed by atoms with Crippen molar-refractivity contribution in [2.75, 3.05) is 0 Å². The standard InChI is InChI=1S/C3H7Cl2N3O/c4-1-6-2(5)8-3(9)7-1/h1-3,6-9H. The third-order valence-electron chi connectivity index (χ3n) is 0.901. The van der Waals surface area contributed by atoms with Gasteiger partial charge in [0.2, 0.25) is 0 Å². The van der Waals surface area contributed by atoms with Crippen LogP contribution in [0, 0.1) is 0 Å². The van der Waals surface area contributed by atoms with Gasteiger partial charge in [-0.3, -0.25) is 16.0 Å². The topological polar surface area (TPSA) is 56.3 Å². The zero-order valence-corrected chi connectivity index (χ0v) is 5.95. The molecule has 0 aromatic rings. The molecule has 4 N–H and O–H groups in total. The molecule has 54 valence electrons. The highest BCUT2D eigenvalue weighted by Crippen LogP contribution is 1.98. The van der Waals surface area contributed by atoms with E-state index in [0.29, 0.717) is 0 Å². The number of nitrogens with one attached hydrogen (secondary N) is 3. The van der Waals surface area contributed by atoms with Crippen molar-refractivity contribution in [3.63, 3.8) is 0 Å². The van der Waals surface area contributed by atoms with Gasteiger partial charge < -0.3 is 5.11 Å². The first-order valence-corrected chi connectivity index (χ1v) is 3.30. The zero-order chi connectivity index (χ0) is 6.85. The van der Waals surface area contributed by atoms with Gasteiger partial charge in [-0.1, -0.05) is 23.2 Å². The maximum absolute atomic E-state index is 8.82. The molecule has 2 atom stereocenters. The lowest BCUT2D eigenvalue weighted by Crippen LogP contribution is -2.63. The van der Waals surface area contributed by atoms with Crippen LogP contribution in [0.15, 0.2) is 0 Å². The van der Waals surface area contributed by atoms with Gasteiger partial charge in [-0.2, -0.15) is 0 Å². The van der Waals surface area contributed by atoms with Crippen molar-refractivity contribution in [2.45, 2.75) is 17.6 Å². The SMILES string of the molecule is OC1NC(Cl)NC(Cl)N1. The Morgan fingerprint density at radius 1 is 1.00 bits per heavy atom. The minimum Gasteiger partial charge on any atom is -0.365 e. The Morgan fingerprint density at radius 2 is 1.44 bits per heavy atom. The van der Waals surface area contributed by atoms with Crippen molar-refractivity contribution >= 4 is 23.2 Å². The molecule has 2 unspecified atom stereocenters. The van der Waals surface area contributed by atoms with Crippen LogP contribution in [0.1, 0.15) is 0 Å². The fourth-order valence-electron chi connectivity index (χ4n) is 0.550. The van der Waals surface area contributed by atoms with Crippen molar-refractivity contribution in [1.82, 2.24) is 16.0 Å². The highest BCUT2D eigenvalue weighted by molar-refractivity contribution is 6.22. The molecule has 4 nitrogen and oxygen atoms in total. The van der Waals surface area contributed by atoms with Gasteiger partial charge in [0.15, 0.2) is 6.35 Å². The molecule has 0 bridgehead atoms. The number of aliphatic hydroxyl groups is 1. The number of hydrogen-bond donors (Lipinski definition) is 4. The molecule has 1 aliphatic rings. The van der Waals surface area contributed by atoms with Crippen LogP contribution in [-0.4, -0.2) is 22.7 Å². The maximum Gasteiger partial charge on any atom is 0.164 e. The van der Waals surface area contributed by atoms with Crippen molar-refractivity contribution in [2.24, 2.45) is 0 Å². The van der Waals surface area contributed by atoms with Gasteiger partial charge in [-0.15, -0.1) is 0 Å². The van der Waals surface area contributed by atoms with Gasteiger partial charge in [0.05, 0.1) is 0 Å². The molecule has 0 amide bonds. The molecule has 9 heavy (non-hydrogen) atoms. The van der Waals surface area contributed by atoms with Gasteiger partial charge in [-0.25, -0.2) is 0 Å². The van der Waals surface area contributed by atoms with Crippen LogP contribution in [0.4, 0.5) is 0 Å². The van der Waals surface area contributed by atoms with Crippen LogP contribution in [-0.2, 0) is 0 Å². The van der Waals surface area contributed by atoms with E-state index in [-0.39, 0.29) is 0 Å². The minimum absolute atomic E-state index is 0.483. The predicted octanol–water partition coefficient (Wildman–Crippen LogP) is -0.911. The van der Waals surface area contributed by atoms with E-state index in [4.69, 9.17) is 28.3 Å². The Morgan fingerprint density at radius 3 is 1.78 bits per heavy atom. The number of hydrogen-bond acceptors (Lipinski definition) is 4. The minimum atomic E-state index is -0.837. The monoisotopic (exact) mass is 171 g/mol. The second-order valence-electron chi connectivity index (χ2n) is 1.63. The summed E-state index contributed by atoms with van der Waals surface area (Å²) in [6, 6.07) is 0. The lowest BCUT2D eigenvalue weighted by Gasteiger charge is -2.29. The van der Waals surface area contributed by atoms with E-state index in [1.54, 1.807) is 0 Å². The molecular formula is C3H7Cl2N3O. The first kappa shape index (κ1) is 7.53. The van der Waals surface area contributed by atoms with Crippen LogP contribution < -0.4 is 16.0 Å². The molecule has 1 saturated heterocycles. The van der Waals surface area contributed by atoms with Gasteiger partial charge in [0.25, 0.3) is 0 Å². The van der Waals surface area contributed by atoms with E-state index in [9.17, 15) is 0 Å². The quantitative estimate of drug-likeness (QED) is 0.282. The number of alkyl halides is 2. The van der Waals surface area contributed by atoms with E-state index >= 15 is 0 Å². The van der Waals surface area contributed by atoms with E-state index in [2.05, 4.69) is 16.0 Å². The summed E-state index contributed by atoms with van der Waals surface area (Å²) in [4.78, 5) is 0. The average Bonchev–Trinajstić information content (AvgIpc) is 1.59. The second kappa shape index (κ2) is 3.01. The number of aliphatic hydroxyl groups excluding tert-OH is 1. The average molecular weight is 172 g/mol. The second-order valence-corrected chi connectivity index (χ2v) is 2.50. The maximum atomic E-state index is 8.82. The van der Waals surface area contributed by atoms with Crippen molar-refractivity contribution in [3.8, 4) is 0 Å². The van der Waals surface area contributed by atoms with Crippen molar-refractivity contribution in [1.29, 1.82) is 0 Å². The normalized spacial score (nSPS) is 45.0. The van der Waals surface area contributed by atoms with Crippen molar-refractivity contribution in [3.05, 3.63) is 0 Å². The lowest BCUT2D eigenvalue weighted by molar-refractivity contribution is 0.0612. The Balaban J connectivity index is 2.34. The summed E-state index contributed by atoms with van der Waals surface area (Å²) in [6.07, 6.45) is -0.837. The Hall–Kier alpha value is 0.420. The molecule has 1 fully saturated rings. The fraction of sp³-hybridized carbons (Fsp3) is 1.00. The van der Waals surface area contributed by atoms with Gasteiger partial charge in [0.1, 0.15) is 11.2 Å². The molecule has 1 heterocycles. The molecule has 0 aromatic carbocycles. The first-order chi connectivity index (χ1) is 4.18. The fourth-order valence-corrected chi connectivity index (χ4v) is 1.11. The van der Waals surface area contributed by atoms with Crippen LogP contribution in [0.25, 0.3) is 0 Å². The summed E-state index contributed by atoms with van der Waals surface area (Å²) in [5.41, 5.74) is -0.965. The molecule has 6 heteroatoms. The van der Waals surface area contributed by atoms with Gasteiger partial charge in [0, 0.05) is 0 Å².